The highest BCUT2D eigenvalue weighted by Crippen LogP contribution is 2.28. The van der Waals surface area contributed by atoms with Crippen LogP contribution in [0.25, 0.3) is 0 Å². The Morgan fingerprint density at radius 3 is 2.75 bits per heavy atom. The fraction of sp³-hybridized carbons (Fsp3) is 0.208. The Labute approximate surface area is 189 Å². The lowest BCUT2D eigenvalue weighted by molar-refractivity contribution is -0.126. The molecular weight excluding hydrogens is 429 g/mol. The number of aromatic nitrogens is 1. The van der Waals surface area contributed by atoms with Crippen molar-refractivity contribution in [3.8, 4) is 11.5 Å². The maximum Gasteiger partial charge on any atom is 0.227 e. The van der Waals surface area contributed by atoms with Gasteiger partial charge in [0.2, 0.25) is 11.8 Å². The summed E-state index contributed by atoms with van der Waals surface area (Å²) >= 11 is 1.63. The Morgan fingerprint density at radius 1 is 1.25 bits per heavy atom. The molecule has 32 heavy (non-hydrogen) atoms. The highest BCUT2D eigenvalue weighted by Gasteiger charge is 2.35. The van der Waals surface area contributed by atoms with Gasteiger partial charge in [-0.15, -0.1) is 11.8 Å². The van der Waals surface area contributed by atoms with Gasteiger partial charge in [-0.3, -0.25) is 14.6 Å². The van der Waals surface area contributed by atoms with Gasteiger partial charge in [0, 0.05) is 36.3 Å². The van der Waals surface area contributed by atoms with Gasteiger partial charge >= 0.3 is 0 Å². The molecule has 6 nitrogen and oxygen atoms in total. The second-order valence-corrected chi connectivity index (χ2v) is 8.26. The third kappa shape index (κ3) is 5.08. The Bertz CT molecular complexity index is 1110. The van der Waals surface area contributed by atoms with Gasteiger partial charge in [0.25, 0.3) is 0 Å². The molecule has 8 heteroatoms. The number of carbonyl (C=O) groups is 2. The number of nitrogens with zero attached hydrogens (tertiary/aromatic N) is 2. The molecule has 4 rings (SSSR count). The van der Waals surface area contributed by atoms with E-state index in [1.165, 1.54) is 18.3 Å². The molecule has 3 aromatic rings. The van der Waals surface area contributed by atoms with Crippen molar-refractivity contribution in [2.75, 3.05) is 17.7 Å². The SMILES string of the molecule is CSc1ccc(N2CC(C(=O)NCc3ccc(Oc4cccnc4)c(F)c3)CC2=O)cc1. The van der Waals surface area contributed by atoms with Gasteiger partial charge in [0.1, 0.15) is 5.75 Å². The van der Waals surface area contributed by atoms with Crippen LogP contribution in [0.15, 0.2) is 71.9 Å². The molecule has 1 fully saturated rings. The molecule has 0 radical (unpaired) electrons. The standard InChI is InChI=1S/C24H22FN3O3S/c1-32-20-7-5-18(6-8-20)28-15-17(12-23(28)29)24(30)27-13-16-4-9-22(21(25)11-16)31-19-3-2-10-26-14-19/h2-11,14,17H,12-13,15H2,1H3,(H,27,30). The number of pyridine rings is 1. The summed E-state index contributed by atoms with van der Waals surface area (Å²) in [6.45, 7) is 0.492. The summed E-state index contributed by atoms with van der Waals surface area (Å²) in [6.07, 6.45) is 5.25. The zero-order valence-electron chi connectivity index (χ0n) is 17.5. The van der Waals surface area contributed by atoms with Crippen molar-refractivity contribution in [2.24, 2.45) is 5.92 Å². The normalized spacial score (nSPS) is 15.6. The molecule has 1 unspecified atom stereocenters. The number of ether oxygens (including phenoxy) is 1. The molecule has 2 amide bonds. The molecule has 0 bridgehead atoms. The monoisotopic (exact) mass is 451 g/mol. The number of nitrogens with one attached hydrogen (secondary N) is 1. The van der Waals surface area contributed by atoms with Crippen molar-refractivity contribution in [3.05, 3.63) is 78.4 Å². The van der Waals surface area contributed by atoms with Gasteiger partial charge in [0.15, 0.2) is 11.6 Å². The van der Waals surface area contributed by atoms with Crippen molar-refractivity contribution < 1.29 is 18.7 Å². The smallest absolute Gasteiger partial charge is 0.227 e. The first kappa shape index (κ1) is 21.8. The lowest BCUT2D eigenvalue weighted by Gasteiger charge is -2.17. The third-order valence-corrected chi connectivity index (χ3v) is 5.95. The van der Waals surface area contributed by atoms with E-state index in [1.807, 2.05) is 30.5 Å². The minimum Gasteiger partial charge on any atom is -0.453 e. The van der Waals surface area contributed by atoms with Crippen LogP contribution in [-0.4, -0.2) is 29.6 Å². The fourth-order valence-corrected chi connectivity index (χ4v) is 3.91. The minimum absolute atomic E-state index is 0.0787. The van der Waals surface area contributed by atoms with E-state index >= 15 is 0 Å². The largest absolute Gasteiger partial charge is 0.453 e. The number of benzene rings is 2. The van der Waals surface area contributed by atoms with Crippen molar-refractivity contribution in [1.82, 2.24) is 10.3 Å². The Hall–Kier alpha value is -3.39. The quantitative estimate of drug-likeness (QED) is 0.539. The predicted molar refractivity (Wildman–Crippen MR) is 121 cm³/mol. The summed E-state index contributed by atoms with van der Waals surface area (Å²) in [5, 5.41) is 2.81. The summed E-state index contributed by atoms with van der Waals surface area (Å²) in [5.41, 5.74) is 1.39. The highest BCUT2D eigenvalue weighted by molar-refractivity contribution is 7.98. The van der Waals surface area contributed by atoms with E-state index in [4.69, 9.17) is 4.74 Å². The number of anilines is 1. The zero-order valence-corrected chi connectivity index (χ0v) is 18.3. The maximum atomic E-state index is 14.4. The molecule has 1 aromatic heterocycles. The van der Waals surface area contributed by atoms with E-state index < -0.39 is 11.7 Å². The van der Waals surface area contributed by atoms with Gasteiger partial charge < -0.3 is 15.0 Å². The summed E-state index contributed by atoms with van der Waals surface area (Å²) in [7, 11) is 0. The number of hydrogen-bond donors (Lipinski definition) is 1. The molecule has 0 aliphatic carbocycles. The Balaban J connectivity index is 1.33. The van der Waals surface area contributed by atoms with Crippen LogP contribution in [0.2, 0.25) is 0 Å². The van der Waals surface area contributed by atoms with Crippen molar-refractivity contribution >= 4 is 29.3 Å². The number of halogens is 1. The van der Waals surface area contributed by atoms with Crippen molar-refractivity contribution in [3.63, 3.8) is 0 Å². The molecule has 1 N–H and O–H groups in total. The van der Waals surface area contributed by atoms with Crippen LogP contribution in [0.1, 0.15) is 12.0 Å². The summed E-state index contributed by atoms with van der Waals surface area (Å²) in [5.74, 6) is -0.761. The molecule has 1 atom stereocenters. The first-order chi connectivity index (χ1) is 15.5. The second kappa shape index (κ2) is 9.82. The van der Waals surface area contributed by atoms with E-state index in [9.17, 15) is 14.0 Å². The number of hydrogen-bond acceptors (Lipinski definition) is 5. The van der Waals surface area contributed by atoms with E-state index in [0.717, 1.165) is 10.6 Å². The molecule has 2 aromatic carbocycles. The molecule has 1 aliphatic heterocycles. The van der Waals surface area contributed by atoms with Gasteiger partial charge in [-0.1, -0.05) is 6.07 Å². The molecule has 164 valence electrons. The molecular formula is C24H22FN3O3S. The average molecular weight is 452 g/mol. The maximum absolute atomic E-state index is 14.4. The van der Waals surface area contributed by atoms with Gasteiger partial charge in [-0.05, 0) is 60.4 Å². The first-order valence-electron chi connectivity index (χ1n) is 10.1. The Kier molecular flexibility index (Phi) is 6.70. The first-order valence-corrected chi connectivity index (χ1v) is 11.3. The summed E-state index contributed by atoms with van der Waals surface area (Å²) < 4.78 is 19.9. The summed E-state index contributed by atoms with van der Waals surface area (Å²) in [6, 6.07) is 15.6. The number of thioether (sulfide) groups is 1. The zero-order chi connectivity index (χ0) is 22.5. The van der Waals surface area contributed by atoms with E-state index in [0.29, 0.717) is 17.9 Å². The van der Waals surface area contributed by atoms with Gasteiger partial charge in [-0.25, -0.2) is 4.39 Å². The molecule has 1 aliphatic rings. The van der Waals surface area contributed by atoms with Crippen molar-refractivity contribution in [1.29, 1.82) is 0 Å². The molecule has 1 saturated heterocycles. The van der Waals surface area contributed by atoms with Crippen LogP contribution < -0.4 is 15.0 Å². The number of carbonyl (C=O) groups excluding carboxylic acids is 2. The topological polar surface area (TPSA) is 71.5 Å². The highest BCUT2D eigenvalue weighted by atomic mass is 32.2. The van der Waals surface area contributed by atoms with Crippen LogP contribution in [-0.2, 0) is 16.1 Å². The van der Waals surface area contributed by atoms with Crippen LogP contribution in [0.4, 0.5) is 10.1 Å². The fourth-order valence-electron chi connectivity index (χ4n) is 3.50. The van der Waals surface area contributed by atoms with E-state index in [-0.39, 0.29) is 30.5 Å². The predicted octanol–water partition coefficient (Wildman–Crippen LogP) is 4.40. The number of amides is 2. The van der Waals surface area contributed by atoms with E-state index in [2.05, 4.69) is 10.3 Å². The van der Waals surface area contributed by atoms with Gasteiger partial charge in [0.05, 0.1) is 12.1 Å². The minimum atomic E-state index is -0.531. The van der Waals surface area contributed by atoms with E-state index in [1.54, 1.807) is 41.1 Å². The average Bonchev–Trinajstić information content (AvgIpc) is 3.21. The third-order valence-electron chi connectivity index (χ3n) is 5.21. The van der Waals surface area contributed by atoms with Crippen LogP contribution >= 0.6 is 11.8 Å². The second-order valence-electron chi connectivity index (χ2n) is 7.38. The summed E-state index contributed by atoms with van der Waals surface area (Å²) in [4.78, 5) is 31.7. The van der Waals surface area contributed by atoms with Crippen molar-refractivity contribution in [2.45, 2.75) is 17.9 Å². The molecule has 2 heterocycles. The van der Waals surface area contributed by atoms with Gasteiger partial charge in [-0.2, -0.15) is 0 Å². The van der Waals surface area contributed by atoms with Crippen LogP contribution in [0.5, 0.6) is 11.5 Å². The lowest BCUT2D eigenvalue weighted by atomic mass is 10.1. The number of rotatable bonds is 7. The molecule has 0 saturated carbocycles. The Morgan fingerprint density at radius 2 is 2.06 bits per heavy atom. The lowest BCUT2D eigenvalue weighted by Crippen LogP contribution is -2.32. The van der Waals surface area contributed by atoms with Crippen LogP contribution in [0.3, 0.4) is 0 Å². The molecule has 0 spiro atoms. The van der Waals surface area contributed by atoms with Crippen LogP contribution in [0, 0.1) is 11.7 Å².